The Hall–Kier alpha value is -2.98. The largest absolute Gasteiger partial charge is 0.377 e. The van der Waals surface area contributed by atoms with Crippen LogP contribution in [-0.2, 0) is 10.3 Å². The van der Waals surface area contributed by atoms with Crippen molar-refractivity contribution in [2.75, 3.05) is 9.84 Å². The average molecular weight is 336 g/mol. The Morgan fingerprint density at radius 2 is 1.96 bits per heavy atom. The van der Waals surface area contributed by atoms with Crippen molar-refractivity contribution < 1.29 is 22.6 Å². The summed E-state index contributed by atoms with van der Waals surface area (Å²) in [5.74, 6) is -0.685. The monoisotopic (exact) mass is 336 g/mol. The van der Waals surface area contributed by atoms with Gasteiger partial charge >= 0.3 is 10.3 Å². The van der Waals surface area contributed by atoms with Crippen molar-refractivity contribution in [1.82, 2.24) is 4.98 Å². The first-order chi connectivity index (χ1) is 10.8. The van der Waals surface area contributed by atoms with Crippen molar-refractivity contribution in [3.63, 3.8) is 0 Å². The van der Waals surface area contributed by atoms with E-state index in [1.54, 1.807) is 0 Å². The standard InChI is InChI=1S/C13H12N4O5S/c14-13(19)9-5-6-12(15-7-9)16-17(23(20,21)22)11-4-2-1-3-10(11)8-18/h1-8H,(H2,14,19)(H,15,16)(H,20,21,22). The van der Waals surface area contributed by atoms with Gasteiger partial charge in [0.05, 0.1) is 11.3 Å². The summed E-state index contributed by atoms with van der Waals surface area (Å²) in [7, 11) is -4.74. The summed E-state index contributed by atoms with van der Waals surface area (Å²) in [6.45, 7) is 0. The molecule has 2 aromatic rings. The highest BCUT2D eigenvalue weighted by molar-refractivity contribution is 7.87. The first kappa shape index (κ1) is 16.4. The van der Waals surface area contributed by atoms with E-state index in [1.165, 1.54) is 36.4 Å². The lowest BCUT2D eigenvalue weighted by Gasteiger charge is -2.23. The van der Waals surface area contributed by atoms with Crippen LogP contribution in [0.1, 0.15) is 20.7 Å². The molecule has 120 valence electrons. The Balaban J connectivity index is 2.41. The Bertz CT molecular complexity index is 836. The molecule has 1 heterocycles. The molecular weight excluding hydrogens is 324 g/mol. The predicted octanol–water partition coefficient (Wildman–Crippen LogP) is 0.629. The highest BCUT2D eigenvalue weighted by Crippen LogP contribution is 2.22. The molecule has 10 heteroatoms. The summed E-state index contributed by atoms with van der Waals surface area (Å²) >= 11 is 0. The van der Waals surface area contributed by atoms with Gasteiger partial charge in [0.2, 0.25) is 5.91 Å². The summed E-state index contributed by atoms with van der Waals surface area (Å²) in [6.07, 6.45) is 1.58. The van der Waals surface area contributed by atoms with Gasteiger partial charge in [-0.2, -0.15) is 12.8 Å². The van der Waals surface area contributed by atoms with Crippen LogP contribution in [0.5, 0.6) is 0 Å². The third-order valence-electron chi connectivity index (χ3n) is 2.78. The number of hydrazine groups is 1. The summed E-state index contributed by atoms with van der Waals surface area (Å²) in [5, 5.41) is 0. The van der Waals surface area contributed by atoms with Gasteiger partial charge in [0.15, 0.2) is 6.29 Å². The lowest BCUT2D eigenvalue weighted by atomic mass is 10.2. The number of benzene rings is 1. The molecule has 0 aliphatic rings. The van der Waals surface area contributed by atoms with E-state index in [-0.39, 0.29) is 22.6 Å². The van der Waals surface area contributed by atoms with Gasteiger partial charge in [-0.1, -0.05) is 12.1 Å². The van der Waals surface area contributed by atoms with E-state index in [0.717, 1.165) is 6.20 Å². The highest BCUT2D eigenvalue weighted by atomic mass is 32.2. The molecule has 0 bridgehead atoms. The molecule has 1 aromatic heterocycles. The fraction of sp³-hybridized carbons (Fsp3) is 0. The van der Waals surface area contributed by atoms with Crippen LogP contribution in [0.3, 0.4) is 0 Å². The van der Waals surface area contributed by atoms with Crippen molar-refractivity contribution in [3.05, 3.63) is 53.7 Å². The van der Waals surface area contributed by atoms with Crippen LogP contribution < -0.4 is 15.6 Å². The molecule has 2 rings (SSSR count). The van der Waals surface area contributed by atoms with E-state index in [2.05, 4.69) is 10.4 Å². The number of aldehydes is 1. The second-order valence-electron chi connectivity index (χ2n) is 4.33. The second kappa shape index (κ2) is 6.42. The normalized spacial score (nSPS) is 10.8. The molecule has 9 nitrogen and oxygen atoms in total. The molecule has 0 aliphatic carbocycles. The molecule has 0 spiro atoms. The zero-order chi connectivity index (χ0) is 17.0. The Morgan fingerprint density at radius 3 is 2.48 bits per heavy atom. The van der Waals surface area contributed by atoms with E-state index >= 15 is 0 Å². The number of nitrogens with one attached hydrogen (secondary N) is 1. The number of hydrogen-bond donors (Lipinski definition) is 3. The second-order valence-corrected chi connectivity index (χ2v) is 5.59. The number of anilines is 2. The van der Waals surface area contributed by atoms with E-state index in [1.807, 2.05) is 0 Å². The van der Waals surface area contributed by atoms with Crippen molar-refractivity contribution in [3.8, 4) is 0 Å². The smallest absolute Gasteiger partial charge is 0.366 e. The molecule has 1 aromatic carbocycles. The van der Waals surface area contributed by atoms with Crippen LogP contribution in [0, 0.1) is 0 Å². The minimum Gasteiger partial charge on any atom is -0.366 e. The summed E-state index contributed by atoms with van der Waals surface area (Å²) in [4.78, 5) is 25.8. The third kappa shape index (κ3) is 3.81. The van der Waals surface area contributed by atoms with Gasteiger partial charge in [-0.3, -0.25) is 19.6 Å². The van der Waals surface area contributed by atoms with Gasteiger partial charge in [0, 0.05) is 11.8 Å². The van der Waals surface area contributed by atoms with Crippen LogP contribution in [0.25, 0.3) is 0 Å². The zero-order valence-electron chi connectivity index (χ0n) is 11.6. The van der Waals surface area contributed by atoms with E-state index in [9.17, 15) is 22.6 Å². The van der Waals surface area contributed by atoms with Crippen molar-refractivity contribution >= 4 is 34.0 Å². The number of carbonyl (C=O) groups excluding carboxylic acids is 2. The van der Waals surface area contributed by atoms with Gasteiger partial charge in [-0.25, -0.2) is 4.98 Å². The Morgan fingerprint density at radius 1 is 1.26 bits per heavy atom. The Labute approximate surface area is 131 Å². The zero-order valence-corrected chi connectivity index (χ0v) is 12.4. The van der Waals surface area contributed by atoms with Gasteiger partial charge in [0.1, 0.15) is 5.82 Å². The maximum Gasteiger partial charge on any atom is 0.377 e. The number of rotatable bonds is 6. The number of para-hydroxylation sites is 1. The minimum absolute atomic E-state index is 0.00771. The maximum absolute atomic E-state index is 11.6. The molecule has 0 saturated heterocycles. The maximum atomic E-state index is 11.6. The molecule has 23 heavy (non-hydrogen) atoms. The average Bonchev–Trinajstić information content (AvgIpc) is 2.52. The summed E-state index contributed by atoms with van der Waals surface area (Å²) < 4.78 is 32.9. The number of aromatic nitrogens is 1. The number of nitrogens with zero attached hydrogens (tertiary/aromatic N) is 2. The third-order valence-corrected chi connectivity index (χ3v) is 3.53. The Kier molecular flexibility index (Phi) is 4.57. The van der Waals surface area contributed by atoms with Crippen molar-refractivity contribution in [1.29, 1.82) is 0 Å². The van der Waals surface area contributed by atoms with Crippen LogP contribution in [0.4, 0.5) is 11.5 Å². The van der Waals surface area contributed by atoms with Gasteiger partial charge in [-0.15, -0.1) is 0 Å². The van der Waals surface area contributed by atoms with E-state index < -0.39 is 16.2 Å². The molecule has 0 saturated carbocycles. The molecule has 0 radical (unpaired) electrons. The van der Waals surface area contributed by atoms with Crippen molar-refractivity contribution in [2.45, 2.75) is 0 Å². The molecule has 0 aliphatic heterocycles. The minimum atomic E-state index is -4.74. The van der Waals surface area contributed by atoms with Gasteiger partial charge in [0.25, 0.3) is 0 Å². The molecule has 1 amide bonds. The SMILES string of the molecule is NC(=O)c1ccc(NN(c2ccccc2C=O)S(=O)(=O)O)nc1. The first-order valence-electron chi connectivity index (χ1n) is 6.17. The highest BCUT2D eigenvalue weighted by Gasteiger charge is 2.23. The van der Waals surface area contributed by atoms with Crippen LogP contribution in [0.15, 0.2) is 42.6 Å². The topological polar surface area (TPSA) is 143 Å². The fourth-order valence-electron chi connectivity index (χ4n) is 1.72. The predicted molar refractivity (Wildman–Crippen MR) is 82.2 cm³/mol. The van der Waals surface area contributed by atoms with Crippen LogP contribution >= 0.6 is 0 Å². The molecule has 0 fully saturated rings. The van der Waals surface area contributed by atoms with Crippen LogP contribution in [-0.4, -0.2) is 30.1 Å². The molecule has 0 atom stereocenters. The first-order valence-corrected chi connectivity index (χ1v) is 7.57. The summed E-state index contributed by atoms with van der Waals surface area (Å²) in [6, 6.07) is 8.35. The quantitative estimate of drug-likeness (QED) is 0.399. The lowest BCUT2D eigenvalue weighted by Crippen LogP contribution is -2.36. The number of primary amides is 1. The number of amides is 1. The van der Waals surface area contributed by atoms with Gasteiger partial charge in [-0.05, 0) is 24.3 Å². The number of hydrogen-bond acceptors (Lipinski definition) is 6. The van der Waals surface area contributed by atoms with Crippen molar-refractivity contribution in [2.24, 2.45) is 5.73 Å². The number of pyridine rings is 1. The number of carbonyl (C=O) groups is 2. The van der Waals surface area contributed by atoms with E-state index in [0.29, 0.717) is 10.7 Å². The van der Waals surface area contributed by atoms with E-state index in [4.69, 9.17) is 5.73 Å². The lowest BCUT2D eigenvalue weighted by molar-refractivity contribution is 0.0999. The summed E-state index contributed by atoms with van der Waals surface area (Å²) in [5.41, 5.74) is 7.50. The number of nitrogens with two attached hydrogens (primary N) is 1. The molecule has 4 N–H and O–H groups in total. The van der Waals surface area contributed by atoms with Gasteiger partial charge < -0.3 is 5.73 Å². The molecular formula is C13H12N4O5S. The molecule has 0 unspecified atom stereocenters. The van der Waals surface area contributed by atoms with Crippen LogP contribution in [0.2, 0.25) is 0 Å². The fourth-order valence-corrected chi connectivity index (χ4v) is 2.35.